The summed E-state index contributed by atoms with van der Waals surface area (Å²) in [6, 6.07) is 0. The summed E-state index contributed by atoms with van der Waals surface area (Å²) in [5.74, 6) is 0. The van der Waals surface area contributed by atoms with Crippen molar-refractivity contribution in [2.75, 3.05) is 27.8 Å². The minimum Gasteiger partial charge on any atom is -0.383 e. The molecule has 2 heteroatoms. The Morgan fingerprint density at radius 1 is 1.08 bits per heavy atom. The first-order valence-corrected chi connectivity index (χ1v) is 5.38. The molecule has 1 aliphatic carbocycles. The molecule has 1 rings (SSSR count). The topological polar surface area (TPSA) is 12.5 Å². The molecular weight excluding hydrogens is 162 g/mol. The fraction of sp³-hybridized carbons (Fsp3) is 1.00. The summed E-state index contributed by atoms with van der Waals surface area (Å²) >= 11 is 0. The molecule has 1 aliphatic rings. The van der Waals surface area contributed by atoms with Crippen molar-refractivity contribution in [3.8, 4) is 0 Å². The van der Waals surface area contributed by atoms with E-state index in [1.165, 1.54) is 12.8 Å². The molecule has 0 N–H and O–H groups in total. The van der Waals surface area contributed by atoms with E-state index in [0.29, 0.717) is 5.54 Å². The molecular formula is C11H27NO. The van der Waals surface area contributed by atoms with Gasteiger partial charge in [-0.2, -0.15) is 0 Å². The molecule has 0 saturated heterocycles. The molecule has 1 fully saturated rings. The van der Waals surface area contributed by atoms with Crippen LogP contribution in [0.25, 0.3) is 0 Å². The Morgan fingerprint density at radius 3 is 1.54 bits per heavy atom. The molecule has 0 amide bonds. The molecule has 0 aromatic heterocycles. The third-order valence-electron chi connectivity index (χ3n) is 2.19. The van der Waals surface area contributed by atoms with Crippen molar-refractivity contribution < 1.29 is 4.74 Å². The highest BCUT2D eigenvalue weighted by molar-refractivity contribution is 5.01. The van der Waals surface area contributed by atoms with E-state index in [1.54, 1.807) is 7.11 Å². The van der Waals surface area contributed by atoms with E-state index in [0.717, 1.165) is 6.61 Å². The maximum absolute atomic E-state index is 5.09. The SMILES string of the molecule is CC.CC.COCC1(N(C)C)CC1. The number of nitrogens with zero attached hydrogens (tertiary/aromatic N) is 1. The number of hydrogen-bond acceptors (Lipinski definition) is 2. The van der Waals surface area contributed by atoms with Gasteiger partial charge in [-0.05, 0) is 26.9 Å². The van der Waals surface area contributed by atoms with Gasteiger partial charge in [0.1, 0.15) is 0 Å². The van der Waals surface area contributed by atoms with Crippen LogP contribution in [0.3, 0.4) is 0 Å². The summed E-state index contributed by atoms with van der Waals surface area (Å²) in [7, 11) is 6.00. The first-order chi connectivity index (χ1) is 6.21. The van der Waals surface area contributed by atoms with Crippen molar-refractivity contribution in [1.82, 2.24) is 4.90 Å². The minimum atomic E-state index is 0.411. The van der Waals surface area contributed by atoms with E-state index in [9.17, 15) is 0 Å². The first-order valence-electron chi connectivity index (χ1n) is 5.38. The van der Waals surface area contributed by atoms with Crippen LogP contribution in [0, 0.1) is 0 Å². The van der Waals surface area contributed by atoms with Gasteiger partial charge in [0, 0.05) is 12.6 Å². The van der Waals surface area contributed by atoms with E-state index >= 15 is 0 Å². The highest BCUT2D eigenvalue weighted by Gasteiger charge is 2.44. The Bertz CT molecular complexity index is 98.3. The molecule has 0 spiro atoms. The van der Waals surface area contributed by atoms with Gasteiger partial charge in [-0.3, -0.25) is 0 Å². The summed E-state index contributed by atoms with van der Waals surface area (Å²) in [5.41, 5.74) is 0.411. The monoisotopic (exact) mass is 189 g/mol. The predicted octanol–water partition coefficient (Wildman–Crippen LogP) is 2.78. The number of rotatable bonds is 3. The van der Waals surface area contributed by atoms with Crippen molar-refractivity contribution >= 4 is 0 Å². The molecule has 82 valence electrons. The van der Waals surface area contributed by atoms with Crippen molar-refractivity contribution in [3.05, 3.63) is 0 Å². The third-order valence-corrected chi connectivity index (χ3v) is 2.19. The lowest BCUT2D eigenvalue weighted by Crippen LogP contribution is -2.34. The summed E-state index contributed by atoms with van der Waals surface area (Å²) in [4.78, 5) is 2.26. The van der Waals surface area contributed by atoms with E-state index in [1.807, 2.05) is 27.7 Å². The van der Waals surface area contributed by atoms with Gasteiger partial charge in [-0.1, -0.05) is 27.7 Å². The van der Waals surface area contributed by atoms with Crippen LogP contribution in [0.2, 0.25) is 0 Å². The molecule has 0 aliphatic heterocycles. The third kappa shape index (κ3) is 5.27. The second-order valence-corrected chi connectivity index (χ2v) is 3.05. The average molecular weight is 189 g/mol. The van der Waals surface area contributed by atoms with E-state index in [2.05, 4.69) is 19.0 Å². The Morgan fingerprint density at radius 2 is 1.46 bits per heavy atom. The van der Waals surface area contributed by atoms with Crippen LogP contribution >= 0.6 is 0 Å². The fourth-order valence-corrected chi connectivity index (χ4v) is 1.13. The Hall–Kier alpha value is -0.0800. The maximum atomic E-state index is 5.09. The van der Waals surface area contributed by atoms with E-state index in [4.69, 9.17) is 4.74 Å². The lowest BCUT2D eigenvalue weighted by atomic mass is 10.3. The number of hydrogen-bond donors (Lipinski definition) is 0. The molecule has 0 aromatic carbocycles. The standard InChI is InChI=1S/C7H15NO.2C2H6/c1-8(2)7(4-5-7)6-9-3;2*1-2/h4-6H2,1-3H3;2*1-2H3. The average Bonchev–Trinajstić information content (AvgIpc) is 2.93. The van der Waals surface area contributed by atoms with Crippen LogP contribution in [0.1, 0.15) is 40.5 Å². The van der Waals surface area contributed by atoms with E-state index in [-0.39, 0.29) is 0 Å². The van der Waals surface area contributed by atoms with Gasteiger partial charge in [0.15, 0.2) is 0 Å². The van der Waals surface area contributed by atoms with Crippen molar-refractivity contribution in [3.63, 3.8) is 0 Å². The second-order valence-electron chi connectivity index (χ2n) is 3.05. The maximum Gasteiger partial charge on any atom is 0.0646 e. The highest BCUT2D eigenvalue weighted by atomic mass is 16.5. The summed E-state index contributed by atoms with van der Waals surface area (Å²) < 4.78 is 5.09. The first kappa shape index (κ1) is 15.4. The Labute approximate surface area is 84.3 Å². The summed E-state index contributed by atoms with van der Waals surface area (Å²) in [6.07, 6.45) is 2.60. The smallest absolute Gasteiger partial charge is 0.0646 e. The number of ether oxygens (including phenoxy) is 1. The molecule has 0 atom stereocenters. The number of likely N-dealkylation sites (N-methyl/N-ethyl adjacent to an activating group) is 1. The molecule has 0 unspecified atom stereocenters. The summed E-state index contributed by atoms with van der Waals surface area (Å²) in [5, 5.41) is 0. The van der Waals surface area contributed by atoms with Crippen molar-refractivity contribution in [2.45, 2.75) is 46.1 Å². The van der Waals surface area contributed by atoms with E-state index < -0.39 is 0 Å². The molecule has 0 radical (unpaired) electrons. The highest BCUT2D eigenvalue weighted by Crippen LogP contribution is 2.39. The molecule has 1 saturated carbocycles. The quantitative estimate of drug-likeness (QED) is 0.677. The largest absolute Gasteiger partial charge is 0.383 e. The molecule has 0 bridgehead atoms. The normalized spacial score (nSPS) is 16.6. The Kier molecular flexibility index (Phi) is 10.1. The summed E-state index contributed by atoms with van der Waals surface area (Å²) in [6.45, 7) is 8.89. The van der Waals surface area contributed by atoms with Crippen LogP contribution in [-0.4, -0.2) is 38.3 Å². The predicted molar refractivity (Wildman–Crippen MR) is 60.2 cm³/mol. The minimum absolute atomic E-state index is 0.411. The fourth-order valence-electron chi connectivity index (χ4n) is 1.13. The lowest BCUT2D eigenvalue weighted by molar-refractivity contribution is 0.106. The van der Waals surface area contributed by atoms with Gasteiger partial charge in [0.25, 0.3) is 0 Å². The van der Waals surface area contributed by atoms with Gasteiger partial charge >= 0.3 is 0 Å². The zero-order valence-corrected chi connectivity index (χ0v) is 10.5. The Balaban J connectivity index is 0. The van der Waals surface area contributed by atoms with Crippen LogP contribution < -0.4 is 0 Å². The van der Waals surface area contributed by atoms with Gasteiger partial charge < -0.3 is 9.64 Å². The zero-order valence-electron chi connectivity index (χ0n) is 10.5. The lowest BCUT2D eigenvalue weighted by Gasteiger charge is -2.22. The van der Waals surface area contributed by atoms with Crippen LogP contribution in [-0.2, 0) is 4.74 Å². The van der Waals surface area contributed by atoms with Crippen LogP contribution in [0.5, 0.6) is 0 Å². The molecule has 2 nitrogen and oxygen atoms in total. The van der Waals surface area contributed by atoms with Crippen molar-refractivity contribution in [1.29, 1.82) is 0 Å². The molecule has 0 heterocycles. The molecule has 0 aromatic rings. The zero-order chi connectivity index (χ0) is 10.9. The second kappa shape index (κ2) is 8.52. The number of methoxy groups -OCH3 is 1. The van der Waals surface area contributed by atoms with Crippen LogP contribution in [0.4, 0.5) is 0 Å². The van der Waals surface area contributed by atoms with Crippen molar-refractivity contribution in [2.24, 2.45) is 0 Å². The van der Waals surface area contributed by atoms with Gasteiger partial charge in [0.05, 0.1) is 6.61 Å². The van der Waals surface area contributed by atoms with Gasteiger partial charge in [-0.15, -0.1) is 0 Å². The molecule has 13 heavy (non-hydrogen) atoms. The van der Waals surface area contributed by atoms with Gasteiger partial charge in [-0.25, -0.2) is 0 Å². The van der Waals surface area contributed by atoms with Gasteiger partial charge in [0.2, 0.25) is 0 Å². The van der Waals surface area contributed by atoms with Crippen LogP contribution in [0.15, 0.2) is 0 Å².